The molecule has 8 aromatic carbocycles. The quantitative estimate of drug-likeness (QED) is 0.165. The molecule has 0 spiro atoms. The van der Waals surface area contributed by atoms with Crippen molar-refractivity contribution in [1.82, 2.24) is 4.98 Å². The Bertz CT molecular complexity index is 2900. The maximum absolute atomic E-state index is 5.59. The van der Waals surface area contributed by atoms with Crippen LogP contribution in [-0.4, -0.2) is 4.98 Å². The third kappa shape index (κ3) is 5.13. The first-order valence-electron chi connectivity index (χ1n) is 20.3. The normalized spacial score (nSPS) is 14.0. The summed E-state index contributed by atoms with van der Waals surface area (Å²) in [5.41, 5.74) is 21.1. The Kier molecular flexibility index (Phi) is 7.81. The lowest BCUT2D eigenvalue weighted by Crippen LogP contribution is -2.28. The van der Waals surface area contributed by atoms with Gasteiger partial charge in [0.25, 0.3) is 0 Å². The molecular weight excluding hydrogens is 699 g/mol. The minimum atomic E-state index is -0.539. The van der Waals surface area contributed by atoms with Crippen LogP contribution in [0.15, 0.2) is 212 Å². The molecule has 0 atom stereocenters. The molecule has 0 saturated heterocycles. The number of aromatic nitrogens is 1. The zero-order valence-corrected chi connectivity index (χ0v) is 32.7. The number of nitrogens with zero attached hydrogens (tertiary/aromatic N) is 1. The molecule has 0 saturated carbocycles. The minimum absolute atomic E-state index is 0.132. The third-order valence-corrected chi connectivity index (χ3v) is 12.8. The average Bonchev–Trinajstić information content (AvgIpc) is 3.72. The zero-order chi connectivity index (χ0) is 38.8. The number of fused-ring (bicyclic) bond motifs is 6. The fraction of sp³-hybridized carbons (Fsp3) is 0.0702. The molecule has 1 aromatic heterocycles. The highest BCUT2D eigenvalue weighted by atomic mass is 14.7. The van der Waals surface area contributed by atoms with E-state index >= 15 is 0 Å². The molecule has 1 nitrogen and oxygen atoms in total. The second kappa shape index (κ2) is 13.3. The fourth-order valence-corrected chi connectivity index (χ4v) is 10.0. The minimum Gasteiger partial charge on any atom is -0.248 e. The Morgan fingerprint density at radius 2 is 0.810 bits per heavy atom. The van der Waals surface area contributed by atoms with E-state index in [-0.39, 0.29) is 5.41 Å². The summed E-state index contributed by atoms with van der Waals surface area (Å²) in [6.45, 7) is 4.73. The van der Waals surface area contributed by atoms with E-state index in [2.05, 4.69) is 226 Å². The SMILES string of the molecule is CC1(C)c2ccccc2-c2ccc(-c3cc4c(cc3-c3cc(-c5ccccc5)cc(-c5ccccc5)n3)C(c3ccccc3)(c3ccccc3)c3ccccc3-4)cc21. The Labute approximate surface area is 341 Å². The second-order valence-electron chi connectivity index (χ2n) is 16.3. The molecule has 1 heteroatoms. The average molecular weight is 740 g/mol. The molecule has 1 heterocycles. The molecule has 0 N–H and O–H groups in total. The fourth-order valence-electron chi connectivity index (χ4n) is 10.0. The molecular formula is C57H41N. The molecule has 0 unspecified atom stereocenters. The number of hydrogen-bond donors (Lipinski definition) is 0. The van der Waals surface area contributed by atoms with Gasteiger partial charge in [0.05, 0.1) is 16.8 Å². The predicted octanol–water partition coefficient (Wildman–Crippen LogP) is 14.4. The van der Waals surface area contributed by atoms with Crippen LogP contribution in [0.1, 0.15) is 47.2 Å². The summed E-state index contributed by atoms with van der Waals surface area (Å²) in [5, 5.41) is 0. The molecule has 2 aliphatic rings. The van der Waals surface area contributed by atoms with E-state index in [0.29, 0.717) is 0 Å². The maximum atomic E-state index is 5.59. The van der Waals surface area contributed by atoms with Crippen LogP contribution < -0.4 is 0 Å². The van der Waals surface area contributed by atoms with Gasteiger partial charge in [-0.1, -0.05) is 196 Å². The molecule has 0 bridgehead atoms. The number of pyridine rings is 1. The highest BCUT2D eigenvalue weighted by Crippen LogP contribution is 2.58. The van der Waals surface area contributed by atoms with Crippen LogP contribution in [0.3, 0.4) is 0 Å². The molecule has 2 aliphatic carbocycles. The molecule has 0 amide bonds. The largest absolute Gasteiger partial charge is 0.248 e. The van der Waals surface area contributed by atoms with Crippen LogP contribution in [-0.2, 0) is 10.8 Å². The van der Waals surface area contributed by atoms with E-state index in [1.54, 1.807) is 0 Å². The highest BCUT2D eigenvalue weighted by molar-refractivity contribution is 5.96. The summed E-state index contributed by atoms with van der Waals surface area (Å²) in [5.74, 6) is 0. The van der Waals surface area contributed by atoms with Gasteiger partial charge >= 0.3 is 0 Å². The number of rotatable bonds is 6. The van der Waals surface area contributed by atoms with E-state index in [1.807, 2.05) is 0 Å². The monoisotopic (exact) mass is 739 g/mol. The number of benzene rings is 8. The van der Waals surface area contributed by atoms with Crippen molar-refractivity contribution in [2.45, 2.75) is 24.7 Å². The van der Waals surface area contributed by atoms with Crippen LogP contribution in [0.4, 0.5) is 0 Å². The van der Waals surface area contributed by atoms with Gasteiger partial charge in [-0.3, -0.25) is 0 Å². The van der Waals surface area contributed by atoms with Gasteiger partial charge in [-0.15, -0.1) is 0 Å². The van der Waals surface area contributed by atoms with Crippen molar-refractivity contribution >= 4 is 0 Å². The van der Waals surface area contributed by atoms with Gasteiger partial charge in [0, 0.05) is 16.5 Å². The van der Waals surface area contributed by atoms with Gasteiger partial charge < -0.3 is 0 Å². The van der Waals surface area contributed by atoms with Gasteiger partial charge in [0.1, 0.15) is 0 Å². The maximum Gasteiger partial charge on any atom is 0.0722 e. The van der Waals surface area contributed by atoms with Crippen LogP contribution >= 0.6 is 0 Å². The van der Waals surface area contributed by atoms with E-state index < -0.39 is 5.41 Å². The molecule has 9 aromatic rings. The molecule has 0 aliphatic heterocycles. The van der Waals surface area contributed by atoms with Crippen molar-refractivity contribution in [3.63, 3.8) is 0 Å². The summed E-state index contributed by atoms with van der Waals surface area (Å²) >= 11 is 0. The van der Waals surface area contributed by atoms with E-state index in [0.717, 1.165) is 28.1 Å². The lowest BCUT2D eigenvalue weighted by molar-refractivity contribution is 0.660. The first-order valence-corrected chi connectivity index (χ1v) is 20.3. The summed E-state index contributed by atoms with van der Waals surface area (Å²) in [6.07, 6.45) is 0. The first-order chi connectivity index (χ1) is 28.5. The Morgan fingerprint density at radius 3 is 1.47 bits per heavy atom. The lowest BCUT2D eigenvalue weighted by atomic mass is 9.67. The molecule has 11 rings (SSSR count). The topological polar surface area (TPSA) is 12.9 Å². The van der Waals surface area contributed by atoms with Gasteiger partial charge in [-0.05, 0) is 108 Å². The van der Waals surface area contributed by atoms with E-state index in [9.17, 15) is 0 Å². The van der Waals surface area contributed by atoms with Gasteiger partial charge in [0.2, 0.25) is 0 Å². The standard InChI is InChI=1S/C57H41N/c1-56(2)50-29-17-15-27-44(50)46-32-31-40(33-52(46)56)47-36-48-45-28-16-18-30-51(45)57(42-23-11-5-12-24-42,43-25-13-6-14-26-43)53(48)37-49(47)55-35-41(38-19-7-3-8-20-38)34-54(58-55)39-21-9-4-10-22-39/h3-37H,1-2H3. The molecule has 0 fully saturated rings. The van der Waals surface area contributed by atoms with E-state index in [4.69, 9.17) is 4.98 Å². The lowest BCUT2D eigenvalue weighted by Gasteiger charge is -2.34. The Hall–Kier alpha value is -7.09. The van der Waals surface area contributed by atoms with Crippen LogP contribution in [0.5, 0.6) is 0 Å². The summed E-state index contributed by atoms with van der Waals surface area (Å²) in [4.78, 5) is 5.59. The van der Waals surface area contributed by atoms with Crippen molar-refractivity contribution < 1.29 is 0 Å². The third-order valence-electron chi connectivity index (χ3n) is 12.8. The predicted molar refractivity (Wildman–Crippen MR) is 241 cm³/mol. The summed E-state index contributed by atoms with van der Waals surface area (Å²) in [6, 6.07) is 78.1. The second-order valence-corrected chi connectivity index (χ2v) is 16.3. The Morgan fingerprint density at radius 1 is 0.293 bits per heavy atom. The van der Waals surface area contributed by atoms with Crippen LogP contribution in [0.25, 0.3) is 67.0 Å². The van der Waals surface area contributed by atoms with Crippen molar-refractivity contribution in [3.05, 3.63) is 246 Å². The van der Waals surface area contributed by atoms with Crippen molar-refractivity contribution in [2.75, 3.05) is 0 Å². The molecule has 58 heavy (non-hydrogen) atoms. The van der Waals surface area contributed by atoms with Crippen LogP contribution in [0, 0.1) is 0 Å². The van der Waals surface area contributed by atoms with Gasteiger partial charge in [-0.2, -0.15) is 0 Å². The van der Waals surface area contributed by atoms with Gasteiger partial charge in [0.15, 0.2) is 0 Å². The van der Waals surface area contributed by atoms with E-state index in [1.165, 1.54) is 72.3 Å². The van der Waals surface area contributed by atoms with Gasteiger partial charge in [-0.25, -0.2) is 4.98 Å². The summed E-state index contributed by atoms with van der Waals surface area (Å²) in [7, 11) is 0. The zero-order valence-electron chi connectivity index (χ0n) is 32.7. The first kappa shape index (κ1) is 34.2. The molecule has 274 valence electrons. The number of hydrogen-bond acceptors (Lipinski definition) is 1. The molecule has 0 radical (unpaired) electrons. The Balaban J connectivity index is 1.25. The smallest absolute Gasteiger partial charge is 0.0722 e. The highest BCUT2D eigenvalue weighted by Gasteiger charge is 2.46. The summed E-state index contributed by atoms with van der Waals surface area (Å²) < 4.78 is 0. The van der Waals surface area contributed by atoms with Crippen molar-refractivity contribution in [2.24, 2.45) is 0 Å². The van der Waals surface area contributed by atoms with Crippen LogP contribution in [0.2, 0.25) is 0 Å². The van der Waals surface area contributed by atoms with Crippen molar-refractivity contribution in [1.29, 1.82) is 0 Å². The van der Waals surface area contributed by atoms with Crippen molar-refractivity contribution in [3.8, 4) is 67.0 Å².